The van der Waals surface area contributed by atoms with Gasteiger partial charge in [0.05, 0.1) is 11.1 Å². The molecule has 8 heteroatoms. The van der Waals surface area contributed by atoms with Crippen LogP contribution in [0.2, 0.25) is 0 Å². The zero-order chi connectivity index (χ0) is 19.3. The summed E-state index contributed by atoms with van der Waals surface area (Å²) in [6, 6.07) is 10.6. The molecular weight excluding hydrogens is 349 g/mol. The number of rotatable bonds is 5. The van der Waals surface area contributed by atoms with Gasteiger partial charge < -0.3 is 15.4 Å². The lowest BCUT2D eigenvalue weighted by atomic mass is 10.2. The predicted octanol–water partition coefficient (Wildman–Crippen LogP) is 3.93. The molecule has 0 radical (unpaired) electrons. The Hall–Kier alpha value is -3.03. The highest BCUT2D eigenvalue weighted by molar-refractivity contribution is 5.99. The summed E-state index contributed by atoms with van der Waals surface area (Å²) in [5.41, 5.74) is 0.164. The average molecular weight is 366 g/mol. The summed E-state index contributed by atoms with van der Waals surface area (Å²) in [4.78, 5) is 24.3. The van der Waals surface area contributed by atoms with E-state index in [9.17, 15) is 22.8 Å². The number of esters is 1. The van der Waals surface area contributed by atoms with Crippen molar-refractivity contribution in [1.29, 1.82) is 0 Å². The van der Waals surface area contributed by atoms with Gasteiger partial charge in [-0.1, -0.05) is 12.1 Å². The molecule has 0 aliphatic heterocycles. The summed E-state index contributed by atoms with van der Waals surface area (Å²) in [5, 5.41) is 5.25. The Morgan fingerprint density at radius 2 is 1.65 bits per heavy atom. The molecule has 0 saturated carbocycles. The fraction of sp³-hybridized carbons (Fsp3) is 0.222. The summed E-state index contributed by atoms with van der Waals surface area (Å²) < 4.78 is 42.7. The van der Waals surface area contributed by atoms with Crippen molar-refractivity contribution >= 4 is 23.3 Å². The van der Waals surface area contributed by atoms with Crippen molar-refractivity contribution < 1.29 is 27.5 Å². The van der Waals surface area contributed by atoms with Crippen LogP contribution in [-0.4, -0.2) is 25.0 Å². The van der Waals surface area contributed by atoms with E-state index in [-0.39, 0.29) is 11.3 Å². The normalized spacial score (nSPS) is 12.2. The van der Waals surface area contributed by atoms with Gasteiger partial charge in [0.25, 0.3) is 5.91 Å². The van der Waals surface area contributed by atoms with Crippen molar-refractivity contribution in [2.24, 2.45) is 0 Å². The molecule has 2 aromatic carbocycles. The zero-order valence-electron chi connectivity index (χ0n) is 14.1. The van der Waals surface area contributed by atoms with Crippen LogP contribution in [0.3, 0.4) is 0 Å². The van der Waals surface area contributed by atoms with Crippen molar-refractivity contribution in [2.45, 2.75) is 19.2 Å². The number of carbonyl (C=O) groups is 2. The molecule has 0 bridgehead atoms. The summed E-state index contributed by atoms with van der Waals surface area (Å²) >= 11 is 0. The Morgan fingerprint density at radius 1 is 1.04 bits per heavy atom. The molecule has 0 unspecified atom stereocenters. The Bertz CT molecular complexity index is 789. The topological polar surface area (TPSA) is 67.4 Å². The summed E-state index contributed by atoms with van der Waals surface area (Å²) in [7, 11) is 1.65. The van der Waals surface area contributed by atoms with Gasteiger partial charge in [0.2, 0.25) is 0 Å². The lowest BCUT2D eigenvalue weighted by Gasteiger charge is -2.15. The van der Waals surface area contributed by atoms with Crippen LogP contribution in [-0.2, 0) is 15.7 Å². The number of nitrogens with one attached hydrogen (secondary N) is 2. The van der Waals surface area contributed by atoms with Crippen molar-refractivity contribution in [3.63, 3.8) is 0 Å². The minimum atomic E-state index is -4.45. The van der Waals surface area contributed by atoms with Crippen LogP contribution in [0.4, 0.5) is 24.5 Å². The van der Waals surface area contributed by atoms with Gasteiger partial charge in [-0.3, -0.25) is 4.79 Å². The van der Waals surface area contributed by atoms with Gasteiger partial charge in [0.15, 0.2) is 6.10 Å². The van der Waals surface area contributed by atoms with E-state index in [0.29, 0.717) is 5.69 Å². The van der Waals surface area contributed by atoms with Crippen molar-refractivity contribution in [2.75, 3.05) is 17.7 Å². The highest BCUT2D eigenvalue weighted by atomic mass is 19.4. The predicted molar refractivity (Wildman–Crippen MR) is 90.9 cm³/mol. The van der Waals surface area contributed by atoms with Crippen LogP contribution in [0, 0.1) is 0 Å². The van der Waals surface area contributed by atoms with Crippen LogP contribution >= 0.6 is 0 Å². The second kappa shape index (κ2) is 7.90. The number of alkyl halides is 3. The number of hydrogen-bond acceptors (Lipinski definition) is 4. The van der Waals surface area contributed by atoms with Gasteiger partial charge in [0, 0.05) is 18.4 Å². The first-order valence-corrected chi connectivity index (χ1v) is 7.68. The van der Waals surface area contributed by atoms with Crippen molar-refractivity contribution in [3.05, 3.63) is 59.7 Å². The van der Waals surface area contributed by atoms with Crippen LogP contribution < -0.4 is 10.6 Å². The molecule has 0 aliphatic carbocycles. The van der Waals surface area contributed by atoms with E-state index in [1.807, 2.05) is 0 Å². The number of ether oxygens (including phenoxy) is 1. The molecular formula is C18H17F3N2O3. The Labute approximate surface area is 148 Å². The molecule has 0 spiro atoms. The monoisotopic (exact) mass is 366 g/mol. The third-order valence-corrected chi connectivity index (χ3v) is 3.55. The van der Waals surface area contributed by atoms with E-state index < -0.39 is 29.7 Å². The van der Waals surface area contributed by atoms with Gasteiger partial charge in [-0.25, -0.2) is 4.79 Å². The van der Waals surface area contributed by atoms with Crippen LogP contribution in [0.1, 0.15) is 22.8 Å². The number of amides is 1. The molecule has 2 rings (SSSR count). The van der Waals surface area contributed by atoms with Gasteiger partial charge in [0.1, 0.15) is 0 Å². The van der Waals surface area contributed by atoms with E-state index in [1.54, 1.807) is 31.3 Å². The van der Waals surface area contributed by atoms with Gasteiger partial charge in [-0.15, -0.1) is 0 Å². The summed E-state index contributed by atoms with van der Waals surface area (Å²) in [5.74, 6) is -1.34. The minimum absolute atomic E-state index is 0.168. The van der Waals surface area contributed by atoms with E-state index >= 15 is 0 Å². The van der Waals surface area contributed by atoms with Crippen molar-refractivity contribution in [1.82, 2.24) is 0 Å². The van der Waals surface area contributed by atoms with Gasteiger partial charge in [-0.05, 0) is 43.3 Å². The summed E-state index contributed by atoms with van der Waals surface area (Å²) in [6.07, 6.45) is -5.58. The third-order valence-electron chi connectivity index (χ3n) is 3.55. The Morgan fingerprint density at radius 3 is 2.23 bits per heavy atom. The highest BCUT2D eigenvalue weighted by Crippen LogP contribution is 2.29. The first-order valence-electron chi connectivity index (χ1n) is 7.68. The molecule has 2 aromatic rings. The third kappa shape index (κ3) is 4.75. The SMILES string of the molecule is CNc1ccccc1C(=O)O[C@H](C)C(=O)Nc1ccc(C(F)(F)F)cc1. The van der Waals surface area contributed by atoms with E-state index in [2.05, 4.69) is 10.6 Å². The Kier molecular flexibility index (Phi) is 5.86. The molecule has 2 N–H and O–H groups in total. The molecule has 0 aromatic heterocycles. The largest absolute Gasteiger partial charge is 0.449 e. The second-order valence-corrected chi connectivity index (χ2v) is 5.41. The molecule has 26 heavy (non-hydrogen) atoms. The first kappa shape index (κ1) is 19.3. The molecule has 1 atom stereocenters. The maximum atomic E-state index is 12.5. The maximum absolute atomic E-state index is 12.5. The number of para-hydroxylation sites is 1. The first-order chi connectivity index (χ1) is 12.2. The fourth-order valence-electron chi connectivity index (χ4n) is 2.14. The molecule has 0 heterocycles. The number of benzene rings is 2. The number of anilines is 2. The van der Waals surface area contributed by atoms with Gasteiger partial charge in [-0.2, -0.15) is 13.2 Å². The van der Waals surface area contributed by atoms with E-state index in [4.69, 9.17) is 4.74 Å². The molecule has 5 nitrogen and oxygen atoms in total. The lowest BCUT2D eigenvalue weighted by molar-refractivity contribution is -0.137. The number of hydrogen-bond donors (Lipinski definition) is 2. The lowest BCUT2D eigenvalue weighted by Crippen LogP contribution is -2.30. The summed E-state index contributed by atoms with van der Waals surface area (Å²) in [6.45, 7) is 1.37. The number of carbonyl (C=O) groups excluding carboxylic acids is 2. The molecule has 0 aliphatic rings. The second-order valence-electron chi connectivity index (χ2n) is 5.41. The van der Waals surface area contributed by atoms with Crippen LogP contribution in [0.15, 0.2) is 48.5 Å². The number of halogens is 3. The molecule has 138 valence electrons. The minimum Gasteiger partial charge on any atom is -0.449 e. The Balaban J connectivity index is 2.00. The smallest absolute Gasteiger partial charge is 0.416 e. The van der Waals surface area contributed by atoms with E-state index in [1.165, 1.54) is 6.92 Å². The van der Waals surface area contributed by atoms with Crippen LogP contribution in [0.25, 0.3) is 0 Å². The molecule has 0 fully saturated rings. The zero-order valence-corrected chi connectivity index (χ0v) is 14.1. The standard InChI is InChI=1S/C18H17F3N2O3/c1-11(26-17(25)14-5-3-4-6-15(14)22-2)16(24)23-13-9-7-12(8-10-13)18(19,20)21/h3-11,22H,1-2H3,(H,23,24)/t11-/m1/s1. The quantitative estimate of drug-likeness (QED) is 0.787. The highest BCUT2D eigenvalue weighted by Gasteiger charge is 2.30. The fourth-order valence-corrected chi connectivity index (χ4v) is 2.14. The molecule has 0 saturated heterocycles. The maximum Gasteiger partial charge on any atom is 0.416 e. The average Bonchev–Trinajstić information content (AvgIpc) is 2.61. The van der Waals surface area contributed by atoms with Gasteiger partial charge >= 0.3 is 12.1 Å². The molecule has 1 amide bonds. The van der Waals surface area contributed by atoms with Crippen molar-refractivity contribution in [3.8, 4) is 0 Å². The van der Waals surface area contributed by atoms with Crippen LogP contribution in [0.5, 0.6) is 0 Å². The van der Waals surface area contributed by atoms with E-state index in [0.717, 1.165) is 24.3 Å².